The van der Waals surface area contributed by atoms with Crippen molar-refractivity contribution in [2.45, 2.75) is 6.42 Å². The van der Waals surface area contributed by atoms with E-state index in [2.05, 4.69) is 21.8 Å². The van der Waals surface area contributed by atoms with Gasteiger partial charge in [-0.25, -0.2) is 4.39 Å². The van der Waals surface area contributed by atoms with E-state index in [0.717, 1.165) is 50.5 Å². The molecule has 1 amide bonds. The number of rotatable bonds is 8. The van der Waals surface area contributed by atoms with Crippen LogP contribution in [0.1, 0.15) is 12.0 Å². The zero-order valence-corrected chi connectivity index (χ0v) is 19.0. The fourth-order valence-electron chi connectivity index (χ4n) is 3.79. The fraction of sp³-hybridized carbons (Fsp3) is 0.333. The van der Waals surface area contributed by atoms with Gasteiger partial charge < -0.3 is 19.7 Å². The molecule has 0 saturated carbocycles. The molecule has 2 aliphatic rings. The first-order valence-corrected chi connectivity index (χ1v) is 11.2. The zero-order valence-electron chi connectivity index (χ0n) is 18.2. The molecule has 0 radical (unpaired) electrons. The third kappa shape index (κ3) is 5.71. The summed E-state index contributed by atoms with van der Waals surface area (Å²) in [5, 5.41) is 2.85. The molecule has 0 atom stereocenters. The number of amides is 1. The van der Waals surface area contributed by atoms with E-state index in [4.69, 9.17) is 21.1 Å². The minimum atomic E-state index is -0.479. The highest BCUT2D eigenvalue weighted by molar-refractivity contribution is 6.31. The molecular formula is C24H26ClFN4O3. The molecule has 4 rings (SSSR count). The number of aliphatic imine (C=N–C) groups is 1. The Morgan fingerprint density at radius 2 is 2.12 bits per heavy atom. The van der Waals surface area contributed by atoms with E-state index in [1.54, 1.807) is 18.3 Å². The predicted molar refractivity (Wildman–Crippen MR) is 129 cm³/mol. The summed E-state index contributed by atoms with van der Waals surface area (Å²) in [6, 6.07) is 8.23. The van der Waals surface area contributed by atoms with Gasteiger partial charge >= 0.3 is 0 Å². The molecule has 1 N–H and O–H groups in total. The number of benzene rings is 2. The molecule has 174 valence electrons. The van der Waals surface area contributed by atoms with Crippen LogP contribution < -0.4 is 15.0 Å². The number of hydrogen-bond acceptors (Lipinski definition) is 6. The van der Waals surface area contributed by atoms with Crippen molar-refractivity contribution in [1.82, 2.24) is 4.90 Å². The summed E-state index contributed by atoms with van der Waals surface area (Å²) in [4.78, 5) is 20.7. The molecule has 0 aromatic heterocycles. The number of carbonyl (C=O) groups excluding carboxylic acids is 1. The number of fused-ring (bicyclic) bond motifs is 1. The summed E-state index contributed by atoms with van der Waals surface area (Å²) in [7, 11) is 0. The lowest BCUT2D eigenvalue weighted by molar-refractivity contribution is -0.111. The van der Waals surface area contributed by atoms with Crippen molar-refractivity contribution in [2.75, 3.05) is 56.3 Å². The second-order valence-electron chi connectivity index (χ2n) is 7.74. The molecule has 9 heteroatoms. The second kappa shape index (κ2) is 10.8. The van der Waals surface area contributed by atoms with Crippen LogP contribution in [-0.2, 0) is 9.53 Å². The van der Waals surface area contributed by atoms with Crippen LogP contribution in [0.25, 0.3) is 0 Å². The summed E-state index contributed by atoms with van der Waals surface area (Å²) in [5.41, 5.74) is 2.87. The minimum Gasteiger partial charge on any atom is -0.491 e. The van der Waals surface area contributed by atoms with Crippen molar-refractivity contribution >= 4 is 40.8 Å². The Labute approximate surface area is 197 Å². The lowest BCUT2D eigenvalue weighted by Crippen LogP contribution is -2.37. The third-order valence-corrected chi connectivity index (χ3v) is 5.80. The van der Waals surface area contributed by atoms with Crippen LogP contribution in [0.2, 0.25) is 5.02 Å². The van der Waals surface area contributed by atoms with E-state index < -0.39 is 5.82 Å². The maximum Gasteiger partial charge on any atom is 0.247 e. The van der Waals surface area contributed by atoms with Crippen molar-refractivity contribution in [2.24, 2.45) is 4.99 Å². The SMILES string of the molecule is C=CC(=O)Nc1cc2c(cc1OCCCN1CCOCC1)N(c1ccc(F)c(Cl)c1)CN=C2. The molecule has 1 saturated heterocycles. The summed E-state index contributed by atoms with van der Waals surface area (Å²) in [5.74, 6) is -0.268. The van der Waals surface area contributed by atoms with Gasteiger partial charge in [-0.15, -0.1) is 0 Å². The van der Waals surface area contributed by atoms with E-state index in [0.29, 0.717) is 30.4 Å². The lowest BCUT2D eigenvalue weighted by Gasteiger charge is -2.29. The van der Waals surface area contributed by atoms with E-state index in [9.17, 15) is 9.18 Å². The van der Waals surface area contributed by atoms with Crippen LogP contribution in [0.3, 0.4) is 0 Å². The van der Waals surface area contributed by atoms with Crippen LogP contribution in [0.4, 0.5) is 21.5 Å². The van der Waals surface area contributed by atoms with E-state index >= 15 is 0 Å². The van der Waals surface area contributed by atoms with Gasteiger partial charge in [-0.05, 0) is 36.8 Å². The molecule has 0 unspecified atom stereocenters. The Bertz CT molecular complexity index is 1060. The Kier molecular flexibility index (Phi) is 7.59. The number of halogens is 2. The van der Waals surface area contributed by atoms with Crippen molar-refractivity contribution < 1.29 is 18.7 Å². The number of carbonyl (C=O) groups is 1. The topological polar surface area (TPSA) is 66.4 Å². The molecule has 2 aliphatic heterocycles. The number of hydrogen-bond donors (Lipinski definition) is 1. The average Bonchev–Trinajstić information content (AvgIpc) is 2.84. The number of morpholine rings is 1. The normalized spacial score (nSPS) is 15.8. The average molecular weight is 473 g/mol. The molecule has 0 spiro atoms. The van der Waals surface area contributed by atoms with E-state index in [-0.39, 0.29) is 10.9 Å². The first-order valence-electron chi connectivity index (χ1n) is 10.8. The molecule has 33 heavy (non-hydrogen) atoms. The first-order chi connectivity index (χ1) is 16.0. The standard InChI is InChI=1S/C24H26ClFN4O3/c1-2-24(31)28-21-12-17-15-27-16-30(18-4-5-20(26)19(25)13-18)22(17)14-23(21)33-9-3-6-29-7-10-32-11-8-29/h2,4-5,12-15H,1,3,6-11,16H2,(H,28,31). The van der Waals surface area contributed by atoms with Crippen LogP contribution in [0, 0.1) is 5.82 Å². The highest BCUT2D eigenvalue weighted by atomic mass is 35.5. The highest BCUT2D eigenvalue weighted by Gasteiger charge is 2.21. The zero-order chi connectivity index (χ0) is 23.2. The monoisotopic (exact) mass is 472 g/mol. The van der Waals surface area contributed by atoms with Gasteiger partial charge in [-0.2, -0.15) is 0 Å². The molecule has 2 aromatic carbocycles. The van der Waals surface area contributed by atoms with Crippen molar-refractivity contribution in [3.63, 3.8) is 0 Å². The van der Waals surface area contributed by atoms with Gasteiger partial charge in [0.25, 0.3) is 0 Å². The quantitative estimate of drug-likeness (QED) is 0.460. The van der Waals surface area contributed by atoms with Gasteiger partial charge in [0.1, 0.15) is 18.2 Å². The molecular weight excluding hydrogens is 447 g/mol. The van der Waals surface area contributed by atoms with Crippen LogP contribution >= 0.6 is 11.6 Å². The van der Waals surface area contributed by atoms with Gasteiger partial charge in [0.2, 0.25) is 5.91 Å². The van der Waals surface area contributed by atoms with Crippen molar-refractivity contribution in [3.05, 3.63) is 59.4 Å². The first kappa shape index (κ1) is 23.2. The second-order valence-corrected chi connectivity index (χ2v) is 8.14. The van der Waals surface area contributed by atoms with Crippen molar-refractivity contribution in [1.29, 1.82) is 0 Å². The van der Waals surface area contributed by atoms with Gasteiger partial charge in [0.15, 0.2) is 0 Å². The summed E-state index contributed by atoms with van der Waals surface area (Å²) in [6.45, 7) is 8.64. The summed E-state index contributed by atoms with van der Waals surface area (Å²) >= 11 is 6.00. The largest absolute Gasteiger partial charge is 0.491 e. The molecule has 7 nitrogen and oxygen atoms in total. The number of nitrogens with one attached hydrogen (secondary N) is 1. The van der Waals surface area contributed by atoms with Crippen LogP contribution in [0.5, 0.6) is 5.75 Å². The third-order valence-electron chi connectivity index (χ3n) is 5.51. The molecule has 0 bridgehead atoms. The van der Waals surface area contributed by atoms with Gasteiger partial charge in [0, 0.05) is 43.2 Å². The van der Waals surface area contributed by atoms with Crippen LogP contribution in [-0.4, -0.2) is 63.1 Å². The van der Waals surface area contributed by atoms with Crippen LogP contribution in [0.15, 0.2) is 48.0 Å². The van der Waals surface area contributed by atoms with E-state index in [1.165, 1.54) is 12.1 Å². The smallest absolute Gasteiger partial charge is 0.247 e. The summed E-state index contributed by atoms with van der Waals surface area (Å²) in [6.07, 6.45) is 3.79. The Balaban J connectivity index is 1.56. The molecule has 2 heterocycles. The number of ether oxygens (including phenoxy) is 2. The number of anilines is 3. The minimum absolute atomic E-state index is 0.0399. The molecule has 1 fully saturated rings. The number of nitrogens with zero attached hydrogens (tertiary/aromatic N) is 3. The Hall–Kier alpha value is -2.94. The molecule has 2 aromatic rings. The predicted octanol–water partition coefficient (Wildman–Crippen LogP) is 4.23. The van der Waals surface area contributed by atoms with E-state index in [1.807, 2.05) is 17.0 Å². The maximum atomic E-state index is 13.7. The Morgan fingerprint density at radius 3 is 2.88 bits per heavy atom. The lowest BCUT2D eigenvalue weighted by atomic mass is 10.1. The summed E-state index contributed by atoms with van der Waals surface area (Å²) < 4.78 is 25.2. The van der Waals surface area contributed by atoms with Gasteiger partial charge in [0.05, 0.1) is 36.2 Å². The van der Waals surface area contributed by atoms with Crippen molar-refractivity contribution in [3.8, 4) is 5.75 Å². The Morgan fingerprint density at radius 1 is 1.30 bits per heavy atom. The maximum absolute atomic E-state index is 13.7. The van der Waals surface area contributed by atoms with Gasteiger partial charge in [-0.3, -0.25) is 14.7 Å². The van der Waals surface area contributed by atoms with Gasteiger partial charge in [-0.1, -0.05) is 18.2 Å². The fourth-order valence-corrected chi connectivity index (χ4v) is 3.96. The molecule has 0 aliphatic carbocycles. The highest BCUT2D eigenvalue weighted by Crippen LogP contribution is 2.38.